The van der Waals surface area contributed by atoms with Gasteiger partial charge in [-0.25, -0.2) is 0 Å². The van der Waals surface area contributed by atoms with Gasteiger partial charge >= 0.3 is 5.97 Å². The summed E-state index contributed by atoms with van der Waals surface area (Å²) >= 11 is 5.92. The van der Waals surface area contributed by atoms with Crippen molar-refractivity contribution >= 4 is 29.4 Å². The van der Waals surface area contributed by atoms with Crippen LogP contribution in [0.1, 0.15) is 52.0 Å². The molecule has 1 rings (SSSR count). The van der Waals surface area contributed by atoms with Gasteiger partial charge in [-0.05, 0) is 35.4 Å². The van der Waals surface area contributed by atoms with Gasteiger partial charge in [0.2, 0.25) is 11.8 Å². The Balaban J connectivity index is 3.17. The highest BCUT2D eigenvalue weighted by atomic mass is 35.5. The molecule has 26 heavy (non-hydrogen) atoms. The summed E-state index contributed by atoms with van der Waals surface area (Å²) in [5, 5.41) is 12.5. The zero-order valence-corrected chi connectivity index (χ0v) is 16.3. The second-order valence-electron chi connectivity index (χ2n) is 7.48. The van der Waals surface area contributed by atoms with Crippen molar-refractivity contribution in [3.05, 3.63) is 34.9 Å². The zero-order valence-electron chi connectivity index (χ0n) is 15.6. The lowest BCUT2D eigenvalue weighted by molar-refractivity contribution is -0.142. The molecule has 0 saturated carbocycles. The molecule has 0 aliphatic heterocycles. The maximum absolute atomic E-state index is 12.9. The fraction of sp³-hybridized carbons (Fsp3) is 0.526. The summed E-state index contributed by atoms with van der Waals surface area (Å²) in [6.07, 6.45) is 0.215. The first-order chi connectivity index (χ1) is 12.0. The van der Waals surface area contributed by atoms with E-state index in [0.717, 1.165) is 5.56 Å². The Morgan fingerprint density at radius 2 is 1.73 bits per heavy atom. The second kappa shape index (κ2) is 9.03. The number of carboxylic acids is 1. The van der Waals surface area contributed by atoms with Crippen molar-refractivity contribution in [3.8, 4) is 0 Å². The van der Waals surface area contributed by atoms with Crippen LogP contribution in [0.5, 0.6) is 0 Å². The molecule has 1 aromatic carbocycles. The number of carbonyl (C=O) groups is 3. The molecular weight excluding hydrogens is 356 g/mol. The number of carboxylic acid groups (broad SMARTS) is 1. The molecular formula is C19H27ClN2O4. The topological polar surface area (TPSA) is 109 Å². The third-order valence-electron chi connectivity index (χ3n) is 4.39. The number of halogens is 1. The van der Waals surface area contributed by atoms with E-state index in [1.165, 1.54) is 0 Å². The van der Waals surface area contributed by atoms with Gasteiger partial charge < -0.3 is 16.2 Å². The average Bonchev–Trinajstić information content (AvgIpc) is 2.52. The highest BCUT2D eigenvalue weighted by molar-refractivity contribution is 6.30. The van der Waals surface area contributed by atoms with Crippen LogP contribution in [0, 0.1) is 11.3 Å². The van der Waals surface area contributed by atoms with Gasteiger partial charge in [-0.15, -0.1) is 0 Å². The van der Waals surface area contributed by atoms with E-state index in [4.69, 9.17) is 17.3 Å². The Bertz CT molecular complexity index is 652. The molecule has 0 aromatic heterocycles. The van der Waals surface area contributed by atoms with Crippen molar-refractivity contribution in [2.24, 2.45) is 17.1 Å². The maximum atomic E-state index is 12.9. The second-order valence-corrected chi connectivity index (χ2v) is 7.92. The first-order valence-electron chi connectivity index (χ1n) is 8.54. The van der Waals surface area contributed by atoms with E-state index in [0.29, 0.717) is 11.4 Å². The van der Waals surface area contributed by atoms with Gasteiger partial charge in [-0.3, -0.25) is 14.4 Å². The van der Waals surface area contributed by atoms with Crippen molar-refractivity contribution in [2.45, 2.75) is 52.5 Å². The molecule has 144 valence electrons. The van der Waals surface area contributed by atoms with Crippen molar-refractivity contribution in [3.63, 3.8) is 0 Å². The Morgan fingerprint density at radius 3 is 2.12 bits per heavy atom. The Morgan fingerprint density at radius 1 is 1.19 bits per heavy atom. The van der Waals surface area contributed by atoms with E-state index < -0.39 is 35.2 Å². The van der Waals surface area contributed by atoms with Crippen LogP contribution in [0.15, 0.2) is 24.3 Å². The van der Waals surface area contributed by atoms with E-state index in [1.54, 1.807) is 45.0 Å². The summed E-state index contributed by atoms with van der Waals surface area (Å²) in [6, 6.07) is 6.09. The summed E-state index contributed by atoms with van der Waals surface area (Å²) in [5.41, 5.74) is 5.66. The number of rotatable bonds is 8. The van der Waals surface area contributed by atoms with Gasteiger partial charge in [0.05, 0.1) is 12.3 Å². The van der Waals surface area contributed by atoms with Gasteiger partial charge in [-0.1, -0.05) is 51.4 Å². The minimum absolute atomic E-state index is 0.322. The first kappa shape index (κ1) is 22.0. The molecule has 6 nitrogen and oxygen atoms in total. The van der Waals surface area contributed by atoms with Crippen LogP contribution in [0.2, 0.25) is 5.02 Å². The van der Waals surface area contributed by atoms with E-state index >= 15 is 0 Å². The van der Waals surface area contributed by atoms with Crippen LogP contribution >= 0.6 is 11.6 Å². The normalized spacial score (nSPS) is 15.0. The van der Waals surface area contributed by atoms with E-state index in [1.807, 2.05) is 6.92 Å². The number of nitrogens with one attached hydrogen (secondary N) is 1. The van der Waals surface area contributed by atoms with Gasteiger partial charge in [0.25, 0.3) is 0 Å². The number of hydrogen-bond donors (Lipinski definition) is 3. The number of nitrogens with two attached hydrogens (primary N) is 1. The standard InChI is InChI=1S/C19H27ClN2O4/c1-5-13(11-6-8-12(20)9-7-11)14(10-15(23)24)18(26)22-16(17(21)25)19(2,3)4/h6-9,13-14,16H,5,10H2,1-4H3,(H2,21,25)(H,22,26)(H,23,24)/t13-,14?,16?/m0/s1. The number of benzene rings is 1. The molecule has 2 amide bonds. The SMILES string of the molecule is CC[C@@H](c1ccc(Cl)cc1)C(CC(=O)O)C(=O)NC(C(N)=O)C(C)(C)C. The van der Waals surface area contributed by atoms with Crippen LogP contribution in [-0.4, -0.2) is 28.9 Å². The summed E-state index contributed by atoms with van der Waals surface area (Å²) < 4.78 is 0. The van der Waals surface area contributed by atoms with Crippen LogP contribution in [-0.2, 0) is 14.4 Å². The predicted octanol–water partition coefficient (Wildman–Crippen LogP) is 2.94. The summed E-state index contributed by atoms with van der Waals surface area (Å²) in [6.45, 7) is 7.24. The number of hydrogen-bond acceptors (Lipinski definition) is 3. The highest BCUT2D eigenvalue weighted by Crippen LogP contribution is 2.32. The largest absolute Gasteiger partial charge is 0.481 e. The lowest BCUT2D eigenvalue weighted by atomic mass is 9.80. The third kappa shape index (κ3) is 6.02. The smallest absolute Gasteiger partial charge is 0.304 e. The third-order valence-corrected chi connectivity index (χ3v) is 4.64. The molecule has 4 N–H and O–H groups in total. The molecule has 2 unspecified atom stereocenters. The lowest BCUT2D eigenvalue weighted by Gasteiger charge is -2.32. The molecule has 0 bridgehead atoms. The Kier molecular flexibility index (Phi) is 7.63. The van der Waals surface area contributed by atoms with Crippen LogP contribution in [0.4, 0.5) is 0 Å². The molecule has 0 aliphatic rings. The molecule has 0 fully saturated rings. The highest BCUT2D eigenvalue weighted by Gasteiger charge is 2.36. The quantitative estimate of drug-likeness (QED) is 0.642. The molecule has 7 heteroatoms. The molecule has 0 spiro atoms. The van der Waals surface area contributed by atoms with Gasteiger partial charge in [-0.2, -0.15) is 0 Å². The Hall–Kier alpha value is -2.08. The summed E-state index contributed by atoms with van der Waals surface area (Å²) in [7, 11) is 0. The summed E-state index contributed by atoms with van der Waals surface area (Å²) in [5.74, 6) is -3.38. The summed E-state index contributed by atoms with van der Waals surface area (Å²) in [4.78, 5) is 36.0. The first-order valence-corrected chi connectivity index (χ1v) is 8.92. The van der Waals surface area contributed by atoms with Gasteiger partial charge in [0, 0.05) is 5.02 Å². The fourth-order valence-corrected chi connectivity index (χ4v) is 3.16. The van der Waals surface area contributed by atoms with Crippen molar-refractivity contribution in [1.82, 2.24) is 5.32 Å². The van der Waals surface area contributed by atoms with Crippen LogP contribution < -0.4 is 11.1 Å². The lowest BCUT2D eigenvalue weighted by Crippen LogP contribution is -2.54. The number of primary amides is 1. The van der Waals surface area contributed by atoms with Crippen LogP contribution in [0.25, 0.3) is 0 Å². The molecule has 0 radical (unpaired) electrons. The molecule has 0 aliphatic carbocycles. The number of carbonyl (C=O) groups excluding carboxylic acids is 2. The monoisotopic (exact) mass is 382 g/mol. The van der Waals surface area contributed by atoms with Gasteiger partial charge in [0.15, 0.2) is 0 Å². The Labute approximate surface area is 159 Å². The molecule has 0 heterocycles. The minimum atomic E-state index is -1.08. The van der Waals surface area contributed by atoms with E-state index in [9.17, 15) is 19.5 Å². The van der Waals surface area contributed by atoms with Crippen molar-refractivity contribution < 1.29 is 19.5 Å². The molecule has 3 atom stereocenters. The van der Waals surface area contributed by atoms with Gasteiger partial charge in [0.1, 0.15) is 6.04 Å². The number of amides is 2. The van der Waals surface area contributed by atoms with E-state index in [2.05, 4.69) is 5.32 Å². The average molecular weight is 383 g/mol. The zero-order chi connectivity index (χ0) is 20.1. The van der Waals surface area contributed by atoms with Crippen molar-refractivity contribution in [2.75, 3.05) is 0 Å². The van der Waals surface area contributed by atoms with Crippen molar-refractivity contribution in [1.29, 1.82) is 0 Å². The molecule has 0 saturated heterocycles. The fourth-order valence-electron chi connectivity index (χ4n) is 3.03. The minimum Gasteiger partial charge on any atom is -0.481 e. The predicted molar refractivity (Wildman–Crippen MR) is 101 cm³/mol. The molecule has 1 aromatic rings. The van der Waals surface area contributed by atoms with Crippen LogP contribution in [0.3, 0.4) is 0 Å². The maximum Gasteiger partial charge on any atom is 0.304 e. The number of aliphatic carboxylic acids is 1. The van der Waals surface area contributed by atoms with E-state index in [-0.39, 0.29) is 12.3 Å².